The van der Waals surface area contributed by atoms with Gasteiger partial charge in [0.1, 0.15) is 5.75 Å². The molecule has 112 valence electrons. The number of hydrogen-bond donors (Lipinski definition) is 1. The molecule has 4 nitrogen and oxygen atoms in total. The molecule has 1 aliphatic rings. The molecule has 0 bridgehead atoms. The van der Waals surface area contributed by atoms with Gasteiger partial charge in [-0.1, -0.05) is 19.1 Å². The lowest BCUT2D eigenvalue weighted by Gasteiger charge is -2.18. The van der Waals surface area contributed by atoms with Crippen molar-refractivity contribution in [3.63, 3.8) is 0 Å². The Morgan fingerprint density at radius 1 is 1.30 bits per heavy atom. The molecule has 0 aliphatic carbocycles. The summed E-state index contributed by atoms with van der Waals surface area (Å²) in [5.74, 6) is 1.05. The van der Waals surface area contributed by atoms with Gasteiger partial charge in [0, 0.05) is 26.1 Å². The van der Waals surface area contributed by atoms with E-state index in [9.17, 15) is 0 Å². The third-order valence-electron chi connectivity index (χ3n) is 3.59. The molecule has 1 heterocycles. The average molecular weight is 279 g/mol. The van der Waals surface area contributed by atoms with E-state index in [1.807, 2.05) is 0 Å². The minimum absolute atomic E-state index is 0.381. The van der Waals surface area contributed by atoms with E-state index in [1.54, 1.807) is 7.11 Å². The molecule has 1 aromatic carbocycles. The first-order valence-electron chi connectivity index (χ1n) is 7.40. The fourth-order valence-electron chi connectivity index (χ4n) is 2.47. The Hall–Kier alpha value is -1.10. The average Bonchev–Trinajstić information content (AvgIpc) is 2.94. The van der Waals surface area contributed by atoms with E-state index in [0.29, 0.717) is 25.9 Å². The first kappa shape index (κ1) is 15.3. The van der Waals surface area contributed by atoms with Crippen molar-refractivity contribution in [2.45, 2.75) is 25.8 Å². The van der Waals surface area contributed by atoms with Crippen LogP contribution in [0, 0.1) is 0 Å². The molecule has 1 atom stereocenters. The number of ether oxygens (including phenoxy) is 3. The Kier molecular flexibility index (Phi) is 6.30. The SMILES string of the molecule is CCC(NCCOCCOC)c1ccc2c(c1)CCO2. The van der Waals surface area contributed by atoms with E-state index in [1.165, 1.54) is 11.1 Å². The molecule has 0 saturated heterocycles. The van der Waals surface area contributed by atoms with Gasteiger partial charge >= 0.3 is 0 Å². The maximum absolute atomic E-state index is 5.55. The van der Waals surface area contributed by atoms with Gasteiger partial charge in [-0.2, -0.15) is 0 Å². The van der Waals surface area contributed by atoms with E-state index >= 15 is 0 Å². The summed E-state index contributed by atoms with van der Waals surface area (Å²) in [4.78, 5) is 0. The van der Waals surface area contributed by atoms with Crippen molar-refractivity contribution in [2.24, 2.45) is 0 Å². The zero-order chi connectivity index (χ0) is 14.2. The van der Waals surface area contributed by atoms with Gasteiger partial charge in [0.05, 0.1) is 26.4 Å². The summed E-state index contributed by atoms with van der Waals surface area (Å²) in [5.41, 5.74) is 2.67. The van der Waals surface area contributed by atoms with Gasteiger partial charge in [-0.05, 0) is 23.6 Å². The summed E-state index contributed by atoms with van der Waals surface area (Å²) in [5, 5.41) is 3.55. The summed E-state index contributed by atoms with van der Waals surface area (Å²) in [7, 11) is 1.69. The van der Waals surface area contributed by atoms with Crippen LogP contribution in [0.1, 0.15) is 30.5 Å². The summed E-state index contributed by atoms with van der Waals surface area (Å²) in [6.07, 6.45) is 2.09. The number of fused-ring (bicyclic) bond motifs is 1. The lowest BCUT2D eigenvalue weighted by atomic mass is 10.0. The molecule has 2 rings (SSSR count). The predicted molar refractivity (Wildman–Crippen MR) is 79.4 cm³/mol. The highest BCUT2D eigenvalue weighted by molar-refractivity contribution is 5.40. The van der Waals surface area contributed by atoms with Crippen molar-refractivity contribution in [1.29, 1.82) is 0 Å². The molecule has 1 aromatic rings. The van der Waals surface area contributed by atoms with Crippen LogP contribution in [0.2, 0.25) is 0 Å². The van der Waals surface area contributed by atoms with Gasteiger partial charge < -0.3 is 19.5 Å². The topological polar surface area (TPSA) is 39.7 Å². The van der Waals surface area contributed by atoms with Crippen LogP contribution in [-0.4, -0.2) is 40.1 Å². The van der Waals surface area contributed by atoms with Crippen LogP contribution in [0.3, 0.4) is 0 Å². The van der Waals surface area contributed by atoms with Crippen LogP contribution in [0.4, 0.5) is 0 Å². The number of rotatable bonds is 9. The smallest absolute Gasteiger partial charge is 0.122 e. The van der Waals surface area contributed by atoms with Gasteiger partial charge in [0.2, 0.25) is 0 Å². The van der Waals surface area contributed by atoms with Gasteiger partial charge in [-0.25, -0.2) is 0 Å². The van der Waals surface area contributed by atoms with E-state index in [4.69, 9.17) is 14.2 Å². The first-order valence-corrected chi connectivity index (χ1v) is 7.40. The fourth-order valence-corrected chi connectivity index (χ4v) is 2.47. The number of hydrogen-bond acceptors (Lipinski definition) is 4. The highest BCUT2D eigenvalue weighted by Crippen LogP contribution is 2.28. The van der Waals surface area contributed by atoms with Gasteiger partial charge in [0.15, 0.2) is 0 Å². The second-order valence-corrected chi connectivity index (χ2v) is 4.99. The normalized spacial score (nSPS) is 14.9. The summed E-state index contributed by atoms with van der Waals surface area (Å²) in [6.45, 7) is 5.90. The Morgan fingerprint density at radius 3 is 3.00 bits per heavy atom. The van der Waals surface area contributed by atoms with Crippen molar-refractivity contribution >= 4 is 0 Å². The minimum Gasteiger partial charge on any atom is -0.493 e. The van der Waals surface area contributed by atoms with Crippen molar-refractivity contribution < 1.29 is 14.2 Å². The van der Waals surface area contributed by atoms with Crippen LogP contribution in [0.25, 0.3) is 0 Å². The number of benzene rings is 1. The van der Waals surface area contributed by atoms with Gasteiger partial charge in [-0.3, -0.25) is 0 Å². The van der Waals surface area contributed by atoms with E-state index in [-0.39, 0.29) is 0 Å². The molecule has 0 amide bonds. The number of nitrogens with one attached hydrogen (secondary N) is 1. The Morgan fingerprint density at radius 2 is 2.20 bits per heavy atom. The predicted octanol–water partition coefficient (Wildman–Crippen LogP) is 2.33. The summed E-state index contributed by atoms with van der Waals surface area (Å²) < 4.78 is 16.0. The lowest BCUT2D eigenvalue weighted by Crippen LogP contribution is -2.25. The molecule has 20 heavy (non-hydrogen) atoms. The van der Waals surface area contributed by atoms with Gasteiger partial charge in [0.25, 0.3) is 0 Å². The molecular formula is C16H25NO3. The molecule has 1 N–H and O–H groups in total. The second kappa shape index (κ2) is 8.25. The molecule has 1 aliphatic heterocycles. The fraction of sp³-hybridized carbons (Fsp3) is 0.625. The van der Waals surface area contributed by atoms with Crippen molar-refractivity contribution in [1.82, 2.24) is 5.32 Å². The van der Waals surface area contributed by atoms with Crippen LogP contribution < -0.4 is 10.1 Å². The van der Waals surface area contributed by atoms with Crippen molar-refractivity contribution in [3.8, 4) is 5.75 Å². The van der Waals surface area contributed by atoms with E-state index in [0.717, 1.165) is 31.7 Å². The highest BCUT2D eigenvalue weighted by Gasteiger charge is 2.15. The molecule has 0 saturated carbocycles. The van der Waals surface area contributed by atoms with Crippen molar-refractivity contribution in [2.75, 3.05) is 40.1 Å². The largest absolute Gasteiger partial charge is 0.493 e. The summed E-state index contributed by atoms with van der Waals surface area (Å²) >= 11 is 0. The van der Waals surface area contributed by atoms with Crippen LogP contribution in [0.5, 0.6) is 5.75 Å². The van der Waals surface area contributed by atoms with Crippen LogP contribution >= 0.6 is 0 Å². The number of methoxy groups -OCH3 is 1. The Balaban J connectivity index is 1.79. The quantitative estimate of drug-likeness (QED) is 0.704. The maximum atomic E-state index is 5.55. The first-order chi connectivity index (χ1) is 9.85. The molecule has 0 radical (unpaired) electrons. The van der Waals surface area contributed by atoms with E-state index < -0.39 is 0 Å². The van der Waals surface area contributed by atoms with Crippen LogP contribution in [-0.2, 0) is 15.9 Å². The molecule has 0 spiro atoms. The Labute approximate surface area is 121 Å². The molecular weight excluding hydrogens is 254 g/mol. The third kappa shape index (κ3) is 4.20. The zero-order valence-corrected chi connectivity index (χ0v) is 12.5. The molecule has 0 aromatic heterocycles. The third-order valence-corrected chi connectivity index (χ3v) is 3.59. The molecule has 4 heteroatoms. The summed E-state index contributed by atoms with van der Waals surface area (Å²) in [6, 6.07) is 6.91. The standard InChI is InChI=1S/C16H25NO3/c1-3-15(17-7-9-19-11-10-18-2)13-4-5-16-14(12-13)6-8-20-16/h4-5,12,15,17H,3,6-11H2,1-2H3. The van der Waals surface area contributed by atoms with Gasteiger partial charge in [-0.15, -0.1) is 0 Å². The minimum atomic E-state index is 0.381. The van der Waals surface area contributed by atoms with E-state index in [2.05, 4.69) is 30.4 Å². The van der Waals surface area contributed by atoms with Crippen molar-refractivity contribution in [3.05, 3.63) is 29.3 Å². The highest BCUT2D eigenvalue weighted by atomic mass is 16.5. The maximum Gasteiger partial charge on any atom is 0.122 e. The lowest BCUT2D eigenvalue weighted by molar-refractivity contribution is 0.0710. The zero-order valence-electron chi connectivity index (χ0n) is 12.5. The monoisotopic (exact) mass is 279 g/mol. The van der Waals surface area contributed by atoms with Crippen LogP contribution in [0.15, 0.2) is 18.2 Å². The Bertz CT molecular complexity index is 409. The second-order valence-electron chi connectivity index (χ2n) is 4.99. The molecule has 0 fully saturated rings. The molecule has 1 unspecified atom stereocenters.